The molecule has 1 aromatic heterocycles. The topological polar surface area (TPSA) is 58.6 Å². The monoisotopic (exact) mass is 399 g/mol. The molecule has 0 saturated carbocycles. The van der Waals surface area contributed by atoms with Gasteiger partial charge in [-0.3, -0.25) is 4.99 Å². The van der Waals surface area contributed by atoms with Crippen LogP contribution in [0.4, 0.5) is 0 Å². The molecule has 2 N–H and O–H groups in total. The molecule has 4 atom stereocenters. The summed E-state index contributed by atoms with van der Waals surface area (Å²) in [4.78, 5) is 8.60. The van der Waals surface area contributed by atoms with Crippen LogP contribution < -0.4 is 5.32 Å². The van der Waals surface area contributed by atoms with Gasteiger partial charge in [0.2, 0.25) is 0 Å². The highest BCUT2D eigenvalue weighted by molar-refractivity contribution is 5.88. The third-order valence-electron chi connectivity index (χ3n) is 6.62. The first-order valence-corrected chi connectivity index (χ1v) is 10.7. The Morgan fingerprint density at radius 3 is 2.80 bits per heavy atom. The Bertz CT molecular complexity index is 1150. The van der Waals surface area contributed by atoms with Crippen LogP contribution in [0.1, 0.15) is 35.4 Å². The zero-order chi connectivity index (χ0) is 20.1. The number of nitrogens with zero attached hydrogens (tertiary/aromatic N) is 1. The van der Waals surface area contributed by atoms with Gasteiger partial charge in [-0.1, -0.05) is 48.5 Å². The smallest absolute Gasteiger partial charge is 0.192 e. The molecule has 3 aromatic rings. The van der Waals surface area contributed by atoms with Crippen molar-refractivity contribution in [2.45, 2.75) is 31.0 Å². The van der Waals surface area contributed by atoms with Gasteiger partial charge in [0.15, 0.2) is 5.88 Å². The predicted octanol–water partition coefficient (Wildman–Crippen LogP) is 4.44. The van der Waals surface area contributed by atoms with Gasteiger partial charge >= 0.3 is 0 Å². The Labute approximate surface area is 175 Å². The van der Waals surface area contributed by atoms with Gasteiger partial charge < -0.3 is 19.8 Å². The Hall–Kier alpha value is -3.05. The minimum Gasteiger partial charge on any atom is -0.469 e. The second-order valence-corrected chi connectivity index (χ2v) is 8.43. The van der Waals surface area contributed by atoms with Crippen LogP contribution in [0.5, 0.6) is 0 Å². The predicted molar refractivity (Wildman–Crippen MR) is 117 cm³/mol. The van der Waals surface area contributed by atoms with Crippen LogP contribution in [0, 0.1) is 5.92 Å². The van der Waals surface area contributed by atoms with E-state index in [0.29, 0.717) is 12.5 Å². The summed E-state index contributed by atoms with van der Waals surface area (Å²) in [7, 11) is 1.74. The van der Waals surface area contributed by atoms with E-state index in [-0.39, 0.29) is 18.2 Å². The number of H-pyrrole nitrogens is 1. The summed E-state index contributed by atoms with van der Waals surface area (Å²) in [6.07, 6.45) is 4.00. The van der Waals surface area contributed by atoms with Crippen molar-refractivity contribution in [3.63, 3.8) is 0 Å². The second kappa shape index (κ2) is 7.03. The van der Waals surface area contributed by atoms with Gasteiger partial charge in [0.25, 0.3) is 0 Å². The summed E-state index contributed by atoms with van der Waals surface area (Å²) < 4.78 is 11.9. The molecule has 0 spiro atoms. The number of para-hydroxylation sites is 1. The Morgan fingerprint density at radius 1 is 1.10 bits per heavy atom. The third-order valence-corrected chi connectivity index (χ3v) is 6.62. The molecular weight excluding hydrogens is 374 g/mol. The number of ether oxygens (including phenoxy) is 2. The number of hydrogen-bond acceptors (Lipinski definition) is 4. The fourth-order valence-corrected chi connectivity index (χ4v) is 5.26. The molecule has 5 nitrogen and oxygen atoms in total. The molecule has 152 valence electrons. The average Bonchev–Trinajstić information content (AvgIpc) is 3.36. The van der Waals surface area contributed by atoms with Crippen LogP contribution in [-0.2, 0) is 15.9 Å². The highest BCUT2D eigenvalue weighted by atomic mass is 16.5. The molecule has 0 unspecified atom stereocenters. The first-order valence-electron chi connectivity index (χ1n) is 10.7. The van der Waals surface area contributed by atoms with E-state index in [1.54, 1.807) is 7.11 Å². The summed E-state index contributed by atoms with van der Waals surface area (Å²) in [5.41, 5.74) is 6.24. The maximum absolute atomic E-state index is 6.48. The second-order valence-electron chi connectivity index (χ2n) is 8.43. The molecule has 3 aliphatic rings. The van der Waals surface area contributed by atoms with Crippen molar-refractivity contribution in [2.75, 3.05) is 13.7 Å². The normalized spacial score (nSPS) is 29.5. The first-order chi connectivity index (χ1) is 14.8. The van der Waals surface area contributed by atoms with E-state index in [0.717, 1.165) is 24.3 Å². The highest BCUT2D eigenvalue weighted by Gasteiger charge is 2.39. The largest absolute Gasteiger partial charge is 0.469 e. The number of rotatable bonds is 3. The standard InChI is InChI=1S/C25H25N3O2/c1-29-14-22-24(15-7-3-2-4-8-15)30-25(28-22)18-13-26-20-11-16(18)12-21-23(20)17-9-5-6-10-19(17)27-21/h2-10,13,16,20,22,24,27-28H,11-12,14H2,1H3/b25-18+/t16-,20+,22+,24+/m1/s1. The third kappa shape index (κ3) is 2.76. The Balaban J connectivity index is 1.36. The lowest BCUT2D eigenvalue weighted by Crippen LogP contribution is -2.32. The molecule has 2 bridgehead atoms. The molecule has 30 heavy (non-hydrogen) atoms. The van der Waals surface area contributed by atoms with Gasteiger partial charge in [0.1, 0.15) is 6.10 Å². The van der Waals surface area contributed by atoms with E-state index in [9.17, 15) is 0 Å². The highest BCUT2D eigenvalue weighted by Crippen LogP contribution is 2.46. The molecule has 6 rings (SSSR count). The van der Waals surface area contributed by atoms with Crippen LogP contribution in [-0.4, -0.2) is 31.0 Å². The van der Waals surface area contributed by atoms with Crippen molar-refractivity contribution in [1.82, 2.24) is 10.3 Å². The van der Waals surface area contributed by atoms with Gasteiger partial charge in [-0.2, -0.15) is 0 Å². The quantitative estimate of drug-likeness (QED) is 0.684. The van der Waals surface area contributed by atoms with Gasteiger partial charge in [-0.05, 0) is 30.4 Å². The van der Waals surface area contributed by atoms with E-state index in [1.807, 2.05) is 12.3 Å². The van der Waals surface area contributed by atoms with E-state index in [1.165, 1.54) is 27.7 Å². The minimum atomic E-state index is -0.0630. The number of aliphatic imine (C=N–C) groups is 1. The van der Waals surface area contributed by atoms with Gasteiger partial charge in [0, 0.05) is 41.1 Å². The van der Waals surface area contributed by atoms with Gasteiger partial charge in [0.05, 0.1) is 18.7 Å². The molecule has 0 amide bonds. The zero-order valence-electron chi connectivity index (χ0n) is 17.0. The molecular formula is C25H25N3O2. The van der Waals surface area contributed by atoms with E-state index in [4.69, 9.17) is 14.5 Å². The lowest BCUT2D eigenvalue weighted by Gasteiger charge is -2.32. The Morgan fingerprint density at radius 2 is 1.93 bits per heavy atom. The Kier molecular flexibility index (Phi) is 4.16. The van der Waals surface area contributed by atoms with Crippen molar-refractivity contribution in [1.29, 1.82) is 0 Å². The lowest BCUT2D eigenvalue weighted by molar-refractivity contribution is 0.105. The molecule has 2 aromatic carbocycles. The molecule has 3 heterocycles. The molecule has 1 aliphatic carbocycles. The molecule has 0 radical (unpaired) electrons. The van der Waals surface area contributed by atoms with Crippen molar-refractivity contribution >= 4 is 17.1 Å². The van der Waals surface area contributed by atoms with Gasteiger partial charge in [-0.15, -0.1) is 0 Å². The van der Waals surface area contributed by atoms with E-state index >= 15 is 0 Å². The van der Waals surface area contributed by atoms with Crippen molar-refractivity contribution < 1.29 is 9.47 Å². The van der Waals surface area contributed by atoms with Gasteiger partial charge in [-0.25, -0.2) is 0 Å². The number of aromatic amines is 1. The van der Waals surface area contributed by atoms with Crippen LogP contribution >= 0.6 is 0 Å². The summed E-state index contributed by atoms with van der Waals surface area (Å²) in [6.45, 7) is 0.590. The van der Waals surface area contributed by atoms with Crippen molar-refractivity contribution in [2.24, 2.45) is 10.9 Å². The van der Waals surface area contributed by atoms with E-state index in [2.05, 4.69) is 58.8 Å². The average molecular weight is 399 g/mol. The maximum Gasteiger partial charge on any atom is 0.192 e. The fraction of sp³-hybridized carbons (Fsp3) is 0.320. The summed E-state index contributed by atoms with van der Waals surface area (Å²) in [5, 5.41) is 4.90. The fourth-order valence-electron chi connectivity index (χ4n) is 5.26. The number of nitrogens with one attached hydrogen (secondary N) is 2. The number of fused-ring (bicyclic) bond motifs is 6. The van der Waals surface area contributed by atoms with Crippen molar-refractivity contribution in [3.05, 3.63) is 82.9 Å². The molecule has 1 saturated heterocycles. The number of hydrogen-bond donors (Lipinski definition) is 2. The van der Waals surface area contributed by atoms with Crippen LogP contribution in [0.3, 0.4) is 0 Å². The SMILES string of the molecule is COC[C@@H]1N/C(=C2/C=N[C@H]3C[C@@H]2Cc2[nH]c4ccccc4c23)O[C@H]1c1ccccc1. The zero-order valence-corrected chi connectivity index (χ0v) is 17.0. The number of benzene rings is 2. The van der Waals surface area contributed by atoms with Crippen molar-refractivity contribution in [3.8, 4) is 0 Å². The molecule has 1 fully saturated rings. The van der Waals surface area contributed by atoms with Crippen LogP contribution in [0.15, 0.2) is 71.0 Å². The first kappa shape index (κ1) is 17.8. The summed E-state index contributed by atoms with van der Waals surface area (Å²) in [5.74, 6) is 1.26. The summed E-state index contributed by atoms with van der Waals surface area (Å²) >= 11 is 0. The molecule has 5 heteroatoms. The maximum atomic E-state index is 6.48. The summed E-state index contributed by atoms with van der Waals surface area (Å²) in [6, 6.07) is 19.2. The van der Waals surface area contributed by atoms with Crippen LogP contribution in [0.25, 0.3) is 10.9 Å². The minimum absolute atomic E-state index is 0.0630. The van der Waals surface area contributed by atoms with E-state index < -0.39 is 0 Å². The number of methoxy groups -OCH3 is 1. The number of allylic oxidation sites excluding steroid dienone is 1. The molecule has 2 aliphatic heterocycles. The number of aromatic nitrogens is 1. The lowest BCUT2D eigenvalue weighted by atomic mass is 9.78. The van der Waals surface area contributed by atoms with Crippen LogP contribution in [0.2, 0.25) is 0 Å².